The van der Waals surface area contributed by atoms with E-state index in [0.717, 1.165) is 11.1 Å². The van der Waals surface area contributed by atoms with E-state index in [1.165, 1.54) is 12.4 Å². The molecule has 2 aromatic carbocycles. The number of nitrogens with zero attached hydrogens (tertiary/aromatic N) is 3. The summed E-state index contributed by atoms with van der Waals surface area (Å²) in [4.78, 5) is 20.7. The highest BCUT2D eigenvalue weighted by molar-refractivity contribution is 5.93. The van der Waals surface area contributed by atoms with Gasteiger partial charge in [-0.05, 0) is 12.1 Å². The van der Waals surface area contributed by atoms with E-state index in [0.29, 0.717) is 17.2 Å². The highest BCUT2D eigenvalue weighted by atomic mass is 16.5. The normalized spacial score (nSPS) is 10.6. The van der Waals surface area contributed by atoms with E-state index >= 15 is 0 Å². The van der Waals surface area contributed by atoms with Crippen molar-refractivity contribution in [3.63, 3.8) is 0 Å². The van der Waals surface area contributed by atoms with E-state index in [4.69, 9.17) is 9.47 Å². The molecule has 0 fully saturated rings. The Bertz CT molecular complexity index is 936. The molecule has 0 radical (unpaired) electrons. The molecule has 0 saturated heterocycles. The maximum atomic E-state index is 12.3. The first-order valence-corrected chi connectivity index (χ1v) is 8.13. The number of methoxy groups -OCH3 is 2. The third-order valence-corrected chi connectivity index (χ3v) is 3.69. The van der Waals surface area contributed by atoms with E-state index < -0.39 is 5.91 Å². The third-order valence-electron chi connectivity index (χ3n) is 3.69. The number of carbonyl (C=O) groups is 1. The molecule has 0 saturated carbocycles. The van der Waals surface area contributed by atoms with Crippen LogP contribution in [0.15, 0.2) is 66.0 Å². The molecule has 0 unspecified atom stereocenters. The zero-order valence-electron chi connectivity index (χ0n) is 14.9. The van der Waals surface area contributed by atoms with Crippen LogP contribution < -0.4 is 14.9 Å². The SMILES string of the molecule is COc1cc(/C=N/NC(=O)c2cncc(-c3ccccc3)n2)cc(OC)c1. The molecule has 0 aliphatic heterocycles. The lowest BCUT2D eigenvalue weighted by Crippen LogP contribution is -2.19. The Kier molecular flexibility index (Phi) is 5.73. The van der Waals surface area contributed by atoms with Crippen LogP contribution in [0.25, 0.3) is 11.3 Å². The fourth-order valence-corrected chi connectivity index (χ4v) is 2.35. The minimum Gasteiger partial charge on any atom is -0.497 e. The summed E-state index contributed by atoms with van der Waals surface area (Å²) in [6, 6.07) is 14.8. The summed E-state index contributed by atoms with van der Waals surface area (Å²) in [7, 11) is 3.13. The molecule has 0 aliphatic rings. The third kappa shape index (κ3) is 4.66. The van der Waals surface area contributed by atoms with Gasteiger partial charge in [-0.2, -0.15) is 5.10 Å². The Morgan fingerprint density at radius 1 is 1.04 bits per heavy atom. The summed E-state index contributed by atoms with van der Waals surface area (Å²) in [6.07, 6.45) is 4.50. The topological polar surface area (TPSA) is 85.7 Å². The zero-order valence-corrected chi connectivity index (χ0v) is 14.9. The Hall–Kier alpha value is -3.74. The van der Waals surface area contributed by atoms with Gasteiger partial charge in [-0.1, -0.05) is 30.3 Å². The maximum absolute atomic E-state index is 12.3. The van der Waals surface area contributed by atoms with Gasteiger partial charge >= 0.3 is 0 Å². The van der Waals surface area contributed by atoms with E-state index in [9.17, 15) is 4.79 Å². The largest absolute Gasteiger partial charge is 0.497 e. The minimum atomic E-state index is -0.452. The van der Waals surface area contributed by atoms with Gasteiger partial charge in [0.05, 0.1) is 38.5 Å². The van der Waals surface area contributed by atoms with E-state index in [1.807, 2.05) is 30.3 Å². The van der Waals surface area contributed by atoms with Crippen molar-refractivity contribution in [3.05, 3.63) is 72.2 Å². The first kappa shape index (κ1) is 18.1. The summed E-state index contributed by atoms with van der Waals surface area (Å²) >= 11 is 0. The molecule has 0 spiro atoms. The summed E-state index contributed by atoms with van der Waals surface area (Å²) in [5, 5.41) is 3.97. The number of hydrogen-bond donors (Lipinski definition) is 1. The Balaban J connectivity index is 1.72. The van der Waals surface area contributed by atoms with E-state index in [1.54, 1.807) is 38.6 Å². The molecule has 1 heterocycles. The lowest BCUT2D eigenvalue weighted by Gasteiger charge is -2.05. The number of amides is 1. The monoisotopic (exact) mass is 362 g/mol. The van der Waals surface area contributed by atoms with Crippen molar-refractivity contribution in [2.45, 2.75) is 0 Å². The number of carbonyl (C=O) groups excluding carboxylic acids is 1. The number of nitrogens with one attached hydrogen (secondary N) is 1. The molecule has 1 amide bonds. The van der Waals surface area contributed by atoms with Crippen LogP contribution >= 0.6 is 0 Å². The Morgan fingerprint density at radius 2 is 1.74 bits per heavy atom. The van der Waals surface area contributed by atoms with Crippen LogP contribution in [0.4, 0.5) is 0 Å². The average Bonchev–Trinajstić information content (AvgIpc) is 2.74. The van der Waals surface area contributed by atoms with Crippen molar-refractivity contribution in [1.82, 2.24) is 15.4 Å². The van der Waals surface area contributed by atoms with Gasteiger partial charge in [-0.3, -0.25) is 9.78 Å². The van der Waals surface area contributed by atoms with Crippen molar-refractivity contribution in [2.75, 3.05) is 14.2 Å². The van der Waals surface area contributed by atoms with Crippen LogP contribution in [0.5, 0.6) is 11.5 Å². The minimum absolute atomic E-state index is 0.178. The molecule has 7 nitrogen and oxygen atoms in total. The average molecular weight is 362 g/mol. The van der Waals surface area contributed by atoms with Gasteiger partial charge in [0.25, 0.3) is 5.91 Å². The summed E-state index contributed by atoms with van der Waals surface area (Å²) in [5.41, 5.74) is 4.84. The smallest absolute Gasteiger partial charge is 0.291 e. The van der Waals surface area contributed by atoms with Crippen molar-refractivity contribution >= 4 is 12.1 Å². The number of aromatic nitrogens is 2. The molecule has 1 N–H and O–H groups in total. The predicted octanol–water partition coefficient (Wildman–Crippen LogP) is 2.92. The van der Waals surface area contributed by atoms with Gasteiger partial charge in [-0.25, -0.2) is 10.4 Å². The van der Waals surface area contributed by atoms with Gasteiger partial charge in [0, 0.05) is 17.2 Å². The molecule has 3 aromatic rings. The number of hydrogen-bond acceptors (Lipinski definition) is 6. The quantitative estimate of drug-likeness (QED) is 0.538. The van der Waals surface area contributed by atoms with Gasteiger partial charge in [-0.15, -0.1) is 0 Å². The zero-order chi connectivity index (χ0) is 19.1. The van der Waals surface area contributed by atoms with Crippen molar-refractivity contribution in [3.8, 4) is 22.8 Å². The van der Waals surface area contributed by atoms with E-state index in [2.05, 4.69) is 20.5 Å². The van der Waals surface area contributed by atoms with Crippen LogP contribution in [0.2, 0.25) is 0 Å². The molecule has 0 atom stereocenters. The van der Waals surface area contributed by atoms with Crippen molar-refractivity contribution in [1.29, 1.82) is 0 Å². The molecule has 0 bridgehead atoms. The van der Waals surface area contributed by atoms with E-state index in [-0.39, 0.29) is 5.69 Å². The number of rotatable bonds is 6. The van der Waals surface area contributed by atoms with Crippen molar-refractivity contribution < 1.29 is 14.3 Å². The summed E-state index contributed by atoms with van der Waals surface area (Å²) < 4.78 is 10.4. The summed E-state index contributed by atoms with van der Waals surface area (Å²) in [5.74, 6) is 0.804. The first-order valence-electron chi connectivity index (χ1n) is 8.13. The van der Waals surface area contributed by atoms with Crippen LogP contribution in [-0.2, 0) is 0 Å². The van der Waals surface area contributed by atoms with Crippen LogP contribution in [0, 0.1) is 0 Å². The first-order chi connectivity index (χ1) is 13.2. The molecule has 7 heteroatoms. The fourth-order valence-electron chi connectivity index (χ4n) is 2.35. The second-order valence-electron chi connectivity index (χ2n) is 5.50. The Labute approximate surface area is 156 Å². The fraction of sp³-hybridized carbons (Fsp3) is 0.100. The highest BCUT2D eigenvalue weighted by Crippen LogP contribution is 2.21. The van der Waals surface area contributed by atoms with Crippen LogP contribution in [0.1, 0.15) is 16.1 Å². The molecular formula is C20H18N4O3. The highest BCUT2D eigenvalue weighted by Gasteiger charge is 2.09. The second-order valence-corrected chi connectivity index (χ2v) is 5.50. The predicted molar refractivity (Wildman–Crippen MR) is 102 cm³/mol. The van der Waals surface area contributed by atoms with Gasteiger partial charge < -0.3 is 9.47 Å². The van der Waals surface area contributed by atoms with Crippen molar-refractivity contribution in [2.24, 2.45) is 5.10 Å². The summed E-state index contributed by atoms with van der Waals surface area (Å²) in [6.45, 7) is 0. The molecule has 3 rings (SSSR count). The molecule has 0 aliphatic carbocycles. The lowest BCUT2D eigenvalue weighted by molar-refractivity contribution is 0.0950. The molecule has 136 valence electrons. The number of hydrazone groups is 1. The van der Waals surface area contributed by atoms with Gasteiger partial charge in [0.15, 0.2) is 0 Å². The number of ether oxygens (including phenoxy) is 2. The molecule has 27 heavy (non-hydrogen) atoms. The van der Waals surface area contributed by atoms with Crippen LogP contribution in [0.3, 0.4) is 0 Å². The van der Waals surface area contributed by atoms with Crippen LogP contribution in [-0.4, -0.2) is 36.3 Å². The lowest BCUT2D eigenvalue weighted by atomic mass is 10.1. The van der Waals surface area contributed by atoms with Gasteiger partial charge in [0.2, 0.25) is 0 Å². The standard InChI is InChI=1S/C20H18N4O3/c1-26-16-8-14(9-17(10-16)27-2)11-22-24-20(25)19-13-21-12-18(23-19)15-6-4-3-5-7-15/h3-13H,1-2H3,(H,24,25)/b22-11+. The maximum Gasteiger partial charge on any atom is 0.291 e. The second kappa shape index (κ2) is 8.57. The Morgan fingerprint density at radius 3 is 2.41 bits per heavy atom. The molecule has 1 aromatic heterocycles. The molecular weight excluding hydrogens is 344 g/mol. The number of benzene rings is 2. The van der Waals surface area contributed by atoms with Gasteiger partial charge in [0.1, 0.15) is 17.2 Å².